The molecule has 0 atom stereocenters. The van der Waals surface area contributed by atoms with Crippen molar-refractivity contribution < 1.29 is 27.3 Å². The summed E-state index contributed by atoms with van der Waals surface area (Å²) in [5.74, 6) is -1.98. The van der Waals surface area contributed by atoms with Gasteiger partial charge in [-0.05, 0) is 25.0 Å². The van der Waals surface area contributed by atoms with E-state index in [1.165, 1.54) is 30.5 Å². The maximum atomic E-state index is 12.5. The first-order valence-electron chi connectivity index (χ1n) is 8.85. The van der Waals surface area contributed by atoms with Gasteiger partial charge in [0.1, 0.15) is 6.61 Å². The summed E-state index contributed by atoms with van der Waals surface area (Å²) in [5.41, 5.74) is 0.631. The van der Waals surface area contributed by atoms with Crippen LogP contribution in [0.15, 0.2) is 33.9 Å². The zero-order chi connectivity index (χ0) is 20.4. The van der Waals surface area contributed by atoms with Crippen molar-refractivity contribution in [3.8, 4) is 11.4 Å². The molecule has 1 amide bonds. The number of hydrogen-bond acceptors (Lipinski definition) is 6. The highest BCUT2D eigenvalue weighted by molar-refractivity contribution is 5.95. The molecule has 0 bridgehead atoms. The van der Waals surface area contributed by atoms with Gasteiger partial charge in [0, 0.05) is 11.1 Å². The van der Waals surface area contributed by atoms with Gasteiger partial charge in [-0.25, -0.2) is 0 Å². The molecule has 2 aromatic rings. The summed E-state index contributed by atoms with van der Waals surface area (Å²) in [6.45, 7) is 2.86. The van der Waals surface area contributed by atoms with Crippen LogP contribution in [0.2, 0.25) is 0 Å². The smallest absolute Gasteiger partial charge is 0.396 e. The maximum Gasteiger partial charge on any atom is 0.471 e. The number of alkyl halides is 3. The van der Waals surface area contributed by atoms with Gasteiger partial charge >= 0.3 is 12.1 Å². The molecular formula is C18H21F3N4O3. The first-order valence-corrected chi connectivity index (χ1v) is 8.85. The summed E-state index contributed by atoms with van der Waals surface area (Å²) in [5, 5.41) is 9.67. The lowest BCUT2D eigenvalue weighted by molar-refractivity contribution is -0.159. The maximum absolute atomic E-state index is 12.5. The molecule has 0 saturated heterocycles. The second-order valence-electron chi connectivity index (χ2n) is 5.89. The molecule has 7 nitrogen and oxygen atoms in total. The minimum Gasteiger partial charge on any atom is -0.396 e. The van der Waals surface area contributed by atoms with Crippen molar-refractivity contribution in [2.24, 2.45) is 5.16 Å². The van der Waals surface area contributed by atoms with Crippen molar-refractivity contribution in [3.63, 3.8) is 0 Å². The molecule has 152 valence electrons. The fourth-order valence-electron chi connectivity index (χ4n) is 2.20. The Kier molecular flexibility index (Phi) is 7.97. The molecule has 1 aromatic carbocycles. The van der Waals surface area contributed by atoms with Crippen LogP contribution in [0.3, 0.4) is 0 Å². The van der Waals surface area contributed by atoms with E-state index < -0.39 is 12.1 Å². The molecule has 0 unspecified atom stereocenters. The van der Waals surface area contributed by atoms with Crippen LogP contribution in [0.1, 0.15) is 48.9 Å². The van der Waals surface area contributed by atoms with Crippen molar-refractivity contribution in [1.82, 2.24) is 15.5 Å². The number of hydrogen-bond donors (Lipinski definition) is 1. The van der Waals surface area contributed by atoms with Crippen molar-refractivity contribution in [1.29, 1.82) is 0 Å². The normalized spacial score (nSPS) is 11.7. The van der Waals surface area contributed by atoms with Crippen LogP contribution in [0.4, 0.5) is 13.2 Å². The highest BCUT2D eigenvalue weighted by Gasteiger charge is 2.38. The summed E-state index contributed by atoms with van der Waals surface area (Å²) in [6.07, 6.45) is 1.10. The zero-order valence-electron chi connectivity index (χ0n) is 15.3. The molecule has 0 aliphatic heterocycles. The molecule has 1 heterocycles. The quantitative estimate of drug-likeness (QED) is 0.370. The number of nitrogens with one attached hydrogen (secondary N) is 1. The number of amides is 1. The number of carbonyl (C=O) groups is 1. The minimum atomic E-state index is -4.70. The monoisotopic (exact) mass is 398 g/mol. The standard InChI is InChI=1S/C18H21F3N4O3/c1-2-3-4-5-12-27-23-11-10-22-16(26)14-8-6-13(7-9-14)15-24-17(28-25-15)18(19,20)21/h6-9,11H,2-5,10,12H2,1H3,(H,22,26). The van der Waals surface area contributed by atoms with E-state index in [-0.39, 0.29) is 18.3 Å². The number of nitrogens with zero attached hydrogens (tertiary/aromatic N) is 3. The Bertz CT molecular complexity index is 773. The van der Waals surface area contributed by atoms with Gasteiger partial charge in [0.05, 0.1) is 12.8 Å². The molecule has 0 radical (unpaired) electrons. The third-order valence-electron chi connectivity index (χ3n) is 3.67. The van der Waals surface area contributed by atoms with Crippen LogP contribution in [-0.2, 0) is 11.0 Å². The number of rotatable bonds is 10. The Balaban J connectivity index is 1.78. The molecule has 0 aliphatic carbocycles. The molecule has 0 spiro atoms. The fourth-order valence-corrected chi connectivity index (χ4v) is 2.20. The van der Waals surface area contributed by atoms with Crippen LogP contribution >= 0.6 is 0 Å². The van der Waals surface area contributed by atoms with Gasteiger partial charge < -0.3 is 14.7 Å². The summed E-state index contributed by atoms with van der Waals surface area (Å²) in [4.78, 5) is 20.4. The first kappa shape index (κ1) is 21.4. The molecule has 2 rings (SSSR count). The molecule has 1 aromatic heterocycles. The Morgan fingerprint density at radius 2 is 2.00 bits per heavy atom. The fraction of sp³-hybridized carbons (Fsp3) is 0.444. The van der Waals surface area contributed by atoms with Gasteiger partial charge in [0.2, 0.25) is 5.82 Å². The lowest BCUT2D eigenvalue weighted by atomic mass is 10.1. The highest BCUT2D eigenvalue weighted by atomic mass is 19.4. The predicted octanol–water partition coefficient (Wildman–Crippen LogP) is 4.07. The van der Waals surface area contributed by atoms with E-state index in [9.17, 15) is 18.0 Å². The third kappa shape index (κ3) is 6.67. The van der Waals surface area contributed by atoms with Crippen LogP contribution in [0.25, 0.3) is 11.4 Å². The summed E-state index contributed by atoms with van der Waals surface area (Å²) < 4.78 is 41.6. The molecule has 28 heavy (non-hydrogen) atoms. The second-order valence-corrected chi connectivity index (χ2v) is 5.89. The highest BCUT2D eigenvalue weighted by Crippen LogP contribution is 2.29. The van der Waals surface area contributed by atoms with Gasteiger partial charge in [-0.15, -0.1) is 0 Å². The van der Waals surface area contributed by atoms with Crippen molar-refractivity contribution in [2.75, 3.05) is 13.2 Å². The van der Waals surface area contributed by atoms with E-state index in [0.717, 1.165) is 25.7 Å². The van der Waals surface area contributed by atoms with E-state index in [0.29, 0.717) is 17.7 Å². The average molecular weight is 398 g/mol. The lowest BCUT2D eigenvalue weighted by Gasteiger charge is -2.03. The van der Waals surface area contributed by atoms with Gasteiger partial charge in [-0.1, -0.05) is 42.2 Å². The van der Waals surface area contributed by atoms with Crippen molar-refractivity contribution in [3.05, 3.63) is 35.7 Å². The number of unbranched alkanes of at least 4 members (excludes halogenated alkanes) is 3. The van der Waals surface area contributed by atoms with Crippen LogP contribution in [-0.4, -0.2) is 35.4 Å². The van der Waals surface area contributed by atoms with Gasteiger partial charge in [-0.3, -0.25) is 4.79 Å². The van der Waals surface area contributed by atoms with Crippen molar-refractivity contribution in [2.45, 2.75) is 38.8 Å². The second kappa shape index (κ2) is 10.4. The molecule has 1 N–H and O–H groups in total. The Morgan fingerprint density at radius 3 is 2.64 bits per heavy atom. The van der Waals surface area contributed by atoms with Crippen LogP contribution in [0, 0.1) is 0 Å². The van der Waals surface area contributed by atoms with Crippen LogP contribution in [0.5, 0.6) is 0 Å². The summed E-state index contributed by atoms with van der Waals surface area (Å²) in [7, 11) is 0. The van der Waals surface area contributed by atoms with Crippen molar-refractivity contribution >= 4 is 12.1 Å². The Morgan fingerprint density at radius 1 is 1.25 bits per heavy atom. The number of halogens is 3. The summed E-state index contributed by atoms with van der Waals surface area (Å²) in [6, 6.07) is 5.78. The number of benzene rings is 1. The topological polar surface area (TPSA) is 89.6 Å². The number of aromatic nitrogens is 2. The predicted molar refractivity (Wildman–Crippen MR) is 95.7 cm³/mol. The number of carbonyl (C=O) groups excluding carboxylic acids is 1. The Hall–Kier alpha value is -2.91. The van der Waals surface area contributed by atoms with E-state index >= 15 is 0 Å². The molecular weight excluding hydrogens is 377 g/mol. The number of oxime groups is 1. The Labute approximate surface area is 159 Å². The van der Waals surface area contributed by atoms with E-state index in [4.69, 9.17) is 4.84 Å². The van der Waals surface area contributed by atoms with E-state index in [1.54, 1.807) is 0 Å². The minimum absolute atomic E-state index is 0.190. The average Bonchev–Trinajstić information content (AvgIpc) is 3.17. The van der Waals surface area contributed by atoms with Gasteiger partial charge in [0.25, 0.3) is 5.91 Å². The van der Waals surface area contributed by atoms with E-state index in [1.807, 2.05) is 0 Å². The molecule has 10 heteroatoms. The van der Waals surface area contributed by atoms with Crippen LogP contribution < -0.4 is 5.32 Å². The lowest BCUT2D eigenvalue weighted by Crippen LogP contribution is -2.25. The summed E-state index contributed by atoms with van der Waals surface area (Å²) >= 11 is 0. The van der Waals surface area contributed by atoms with E-state index in [2.05, 4.69) is 32.1 Å². The molecule has 0 fully saturated rings. The first-order chi connectivity index (χ1) is 13.4. The zero-order valence-corrected chi connectivity index (χ0v) is 15.3. The largest absolute Gasteiger partial charge is 0.471 e. The molecule has 0 aliphatic rings. The van der Waals surface area contributed by atoms with Gasteiger partial charge in [-0.2, -0.15) is 18.2 Å². The van der Waals surface area contributed by atoms with Gasteiger partial charge in [0.15, 0.2) is 0 Å². The third-order valence-corrected chi connectivity index (χ3v) is 3.67. The SMILES string of the molecule is CCCCCCON=CCNC(=O)c1ccc(-c2noc(C(F)(F)F)n2)cc1. The molecule has 0 saturated carbocycles.